The first kappa shape index (κ1) is 13.5. The number of ether oxygens (including phenoxy) is 2. The summed E-state index contributed by atoms with van der Waals surface area (Å²) in [5.41, 5.74) is 0.415. The summed E-state index contributed by atoms with van der Waals surface area (Å²) in [5.74, 6) is 0.00901. The Bertz CT molecular complexity index is 667. The van der Waals surface area contributed by atoms with E-state index in [2.05, 4.69) is 10.1 Å². The summed E-state index contributed by atoms with van der Waals surface area (Å²) < 4.78 is 11.6. The Morgan fingerprint density at radius 3 is 2.70 bits per heavy atom. The number of aldehydes is 1. The number of aromatic nitrogens is 3. The average Bonchev–Trinajstić information content (AvgIpc) is 2.81. The van der Waals surface area contributed by atoms with Crippen LogP contribution in [0.1, 0.15) is 10.4 Å². The van der Waals surface area contributed by atoms with Gasteiger partial charge in [-0.15, -0.1) is 4.68 Å². The SMILES string of the molecule is COc1cc(C=O)ccc1Oc1nc([N+](=O)[O-])nn1C. The monoisotopic (exact) mass is 278 g/mol. The lowest BCUT2D eigenvalue weighted by Gasteiger charge is -2.07. The predicted molar refractivity (Wildman–Crippen MR) is 66.1 cm³/mol. The number of benzene rings is 1. The van der Waals surface area contributed by atoms with Crippen molar-refractivity contribution in [2.45, 2.75) is 0 Å². The highest BCUT2D eigenvalue weighted by Crippen LogP contribution is 2.31. The molecular formula is C11H10N4O5. The topological polar surface area (TPSA) is 109 Å². The number of hydrogen-bond donors (Lipinski definition) is 0. The quantitative estimate of drug-likeness (QED) is 0.461. The number of nitro groups is 1. The zero-order valence-electron chi connectivity index (χ0n) is 10.6. The molecule has 104 valence electrons. The summed E-state index contributed by atoms with van der Waals surface area (Å²) in [5, 5.41) is 14.2. The van der Waals surface area contributed by atoms with Gasteiger partial charge in [0.2, 0.25) is 0 Å². The molecule has 2 rings (SSSR count). The van der Waals surface area contributed by atoms with E-state index >= 15 is 0 Å². The van der Waals surface area contributed by atoms with Crippen LogP contribution in [0.3, 0.4) is 0 Å². The van der Waals surface area contributed by atoms with E-state index in [0.29, 0.717) is 17.6 Å². The zero-order valence-corrected chi connectivity index (χ0v) is 10.6. The van der Waals surface area contributed by atoms with Crippen LogP contribution in [0.25, 0.3) is 0 Å². The first-order valence-electron chi connectivity index (χ1n) is 5.41. The maximum atomic E-state index is 10.7. The van der Waals surface area contributed by atoms with Gasteiger partial charge >= 0.3 is 12.0 Å². The fourth-order valence-electron chi connectivity index (χ4n) is 1.46. The third kappa shape index (κ3) is 2.55. The average molecular weight is 278 g/mol. The highest BCUT2D eigenvalue weighted by atomic mass is 16.6. The third-order valence-corrected chi connectivity index (χ3v) is 2.40. The summed E-state index contributed by atoms with van der Waals surface area (Å²) in [6, 6.07) is 4.44. The maximum Gasteiger partial charge on any atom is 0.494 e. The number of aryl methyl sites for hydroxylation is 1. The molecule has 0 atom stereocenters. The van der Waals surface area contributed by atoms with Crippen LogP contribution in [0.2, 0.25) is 0 Å². The van der Waals surface area contributed by atoms with Crippen LogP contribution in [0.5, 0.6) is 17.5 Å². The van der Waals surface area contributed by atoms with Gasteiger partial charge in [-0.3, -0.25) is 4.79 Å². The van der Waals surface area contributed by atoms with Crippen molar-refractivity contribution in [1.29, 1.82) is 0 Å². The molecule has 0 aliphatic carbocycles. The minimum absolute atomic E-state index is 0.0612. The number of carbonyl (C=O) groups excluding carboxylic acids is 1. The Kier molecular flexibility index (Phi) is 3.60. The van der Waals surface area contributed by atoms with Gasteiger partial charge in [-0.05, 0) is 28.1 Å². The fraction of sp³-hybridized carbons (Fsp3) is 0.182. The van der Waals surface area contributed by atoms with Crippen LogP contribution in [0.4, 0.5) is 5.95 Å². The second-order valence-electron chi connectivity index (χ2n) is 3.71. The largest absolute Gasteiger partial charge is 0.494 e. The summed E-state index contributed by atoms with van der Waals surface area (Å²) in [6.45, 7) is 0. The number of nitrogens with zero attached hydrogens (tertiary/aromatic N) is 4. The molecule has 1 aromatic carbocycles. The summed E-state index contributed by atoms with van der Waals surface area (Å²) in [7, 11) is 2.87. The smallest absolute Gasteiger partial charge is 0.493 e. The van der Waals surface area contributed by atoms with Gasteiger partial charge in [-0.2, -0.15) is 0 Å². The maximum absolute atomic E-state index is 10.7. The molecule has 9 heteroatoms. The van der Waals surface area contributed by atoms with Crippen LogP contribution in [0.15, 0.2) is 18.2 Å². The van der Waals surface area contributed by atoms with Crippen LogP contribution in [-0.2, 0) is 7.05 Å². The minimum Gasteiger partial charge on any atom is -0.493 e. The van der Waals surface area contributed by atoms with E-state index in [0.717, 1.165) is 4.68 Å². The van der Waals surface area contributed by atoms with E-state index in [1.54, 1.807) is 0 Å². The fourth-order valence-corrected chi connectivity index (χ4v) is 1.46. The van der Waals surface area contributed by atoms with Crippen molar-refractivity contribution in [2.75, 3.05) is 7.11 Å². The molecule has 20 heavy (non-hydrogen) atoms. The molecule has 0 N–H and O–H groups in total. The minimum atomic E-state index is -0.723. The van der Waals surface area contributed by atoms with E-state index in [1.807, 2.05) is 0 Å². The van der Waals surface area contributed by atoms with E-state index in [1.165, 1.54) is 32.4 Å². The highest BCUT2D eigenvalue weighted by Gasteiger charge is 2.22. The molecule has 0 radical (unpaired) electrons. The molecule has 0 aliphatic rings. The molecule has 0 amide bonds. The van der Waals surface area contributed by atoms with E-state index in [-0.39, 0.29) is 11.8 Å². The zero-order chi connectivity index (χ0) is 14.7. The van der Waals surface area contributed by atoms with Crippen molar-refractivity contribution in [1.82, 2.24) is 14.8 Å². The van der Waals surface area contributed by atoms with Crippen LogP contribution in [-0.4, -0.2) is 33.1 Å². The van der Waals surface area contributed by atoms with E-state index in [4.69, 9.17) is 9.47 Å². The molecule has 1 heterocycles. The molecule has 0 bridgehead atoms. The molecule has 0 unspecified atom stereocenters. The second-order valence-corrected chi connectivity index (χ2v) is 3.71. The van der Waals surface area contributed by atoms with E-state index < -0.39 is 10.9 Å². The van der Waals surface area contributed by atoms with Gasteiger partial charge < -0.3 is 19.6 Å². The van der Waals surface area contributed by atoms with Crippen LogP contribution >= 0.6 is 0 Å². The highest BCUT2D eigenvalue weighted by molar-refractivity contribution is 5.76. The van der Waals surface area contributed by atoms with Crippen molar-refractivity contribution in [3.8, 4) is 17.5 Å². The molecule has 1 aromatic heterocycles. The molecule has 0 aliphatic heterocycles. The van der Waals surface area contributed by atoms with Gasteiger partial charge in [0.05, 0.1) is 14.2 Å². The Morgan fingerprint density at radius 1 is 1.40 bits per heavy atom. The Morgan fingerprint density at radius 2 is 2.15 bits per heavy atom. The van der Waals surface area contributed by atoms with Crippen molar-refractivity contribution in [3.05, 3.63) is 33.9 Å². The number of carbonyl (C=O) groups is 1. The Hall–Kier alpha value is -2.97. The lowest BCUT2D eigenvalue weighted by Crippen LogP contribution is -1.98. The third-order valence-electron chi connectivity index (χ3n) is 2.40. The predicted octanol–water partition coefficient (Wildman–Crippen LogP) is 1.34. The summed E-state index contributed by atoms with van der Waals surface area (Å²) in [6.07, 6.45) is 0.666. The Labute approximate surface area is 112 Å². The lowest BCUT2D eigenvalue weighted by molar-refractivity contribution is -0.394. The van der Waals surface area contributed by atoms with Gasteiger partial charge in [-0.25, -0.2) is 0 Å². The molecule has 0 saturated heterocycles. The summed E-state index contributed by atoms with van der Waals surface area (Å²) in [4.78, 5) is 24.2. The lowest BCUT2D eigenvalue weighted by atomic mass is 10.2. The number of methoxy groups -OCH3 is 1. The van der Waals surface area contributed by atoms with Gasteiger partial charge in [0, 0.05) is 10.7 Å². The van der Waals surface area contributed by atoms with Gasteiger partial charge in [0.1, 0.15) is 6.29 Å². The number of hydrogen-bond acceptors (Lipinski definition) is 7. The van der Waals surface area contributed by atoms with Gasteiger partial charge in [0.15, 0.2) is 11.5 Å². The van der Waals surface area contributed by atoms with Crippen LogP contribution < -0.4 is 9.47 Å². The molecule has 0 spiro atoms. The van der Waals surface area contributed by atoms with Crippen molar-refractivity contribution < 1.29 is 19.2 Å². The van der Waals surface area contributed by atoms with Gasteiger partial charge in [0.25, 0.3) is 0 Å². The molecule has 0 fully saturated rings. The standard InChI is InChI=1S/C11H10N4O5/c1-14-11(12-10(13-14)15(17)18)20-8-4-3-7(6-16)5-9(8)19-2/h3-6H,1-2H3. The van der Waals surface area contributed by atoms with Crippen molar-refractivity contribution in [3.63, 3.8) is 0 Å². The van der Waals surface area contributed by atoms with Crippen molar-refractivity contribution in [2.24, 2.45) is 7.05 Å². The summed E-state index contributed by atoms with van der Waals surface area (Å²) >= 11 is 0. The molecule has 9 nitrogen and oxygen atoms in total. The number of rotatable bonds is 5. The van der Waals surface area contributed by atoms with Crippen LogP contribution in [0, 0.1) is 10.1 Å². The second kappa shape index (κ2) is 5.34. The molecule has 2 aromatic rings. The Balaban J connectivity index is 2.34. The first-order chi connectivity index (χ1) is 9.55. The first-order valence-corrected chi connectivity index (χ1v) is 5.41. The van der Waals surface area contributed by atoms with Crippen molar-refractivity contribution >= 4 is 12.2 Å². The molecule has 0 saturated carbocycles. The van der Waals surface area contributed by atoms with Gasteiger partial charge in [-0.1, -0.05) is 0 Å². The van der Waals surface area contributed by atoms with E-state index in [9.17, 15) is 14.9 Å². The molecular weight excluding hydrogens is 268 g/mol. The normalized spacial score (nSPS) is 10.1.